The number of carbonyl (C=O) groups is 1. The summed E-state index contributed by atoms with van der Waals surface area (Å²) in [5, 5.41) is 3.63. The molecule has 1 saturated carbocycles. The molecule has 1 aliphatic carbocycles. The Morgan fingerprint density at radius 2 is 1.77 bits per heavy atom. The summed E-state index contributed by atoms with van der Waals surface area (Å²) in [4.78, 5) is 12.2. The van der Waals surface area contributed by atoms with Gasteiger partial charge in [0.2, 0.25) is 5.91 Å². The molecule has 22 heavy (non-hydrogen) atoms. The van der Waals surface area contributed by atoms with Crippen molar-refractivity contribution in [2.45, 2.75) is 31.6 Å². The maximum absolute atomic E-state index is 12.2. The Hall–Kier alpha value is -1.80. The zero-order chi connectivity index (χ0) is 15.4. The molecular weight excluding hydrogens is 294 g/mol. The van der Waals surface area contributed by atoms with Gasteiger partial charge < -0.3 is 5.32 Å². The van der Waals surface area contributed by atoms with Crippen molar-refractivity contribution in [2.75, 3.05) is 5.32 Å². The molecule has 3 rings (SSSR count). The van der Waals surface area contributed by atoms with Gasteiger partial charge >= 0.3 is 0 Å². The number of nitrogens with one attached hydrogen (secondary N) is 1. The minimum atomic E-state index is 0.0982. The van der Waals surface area contributed by atoms with E-state index in [-0.39, 0.29) is 5.91 Å². The lowest BCUT2D eigenvalue weighted by atomic mass is 9.95. The lowest BCUT2D eigenvalue weighted by Gasteiger charge is -2.12. The molecule has 0 radical (unpaired) electrons. The zero-order valence-corrected chi connectivity index (χ0v) is 13.2. The Kier molecular flexibility index (Phi) is 4.79. The predicted octanol–water partition coefficient (Wildman–Crippen LogP) is 5.25. The average molecular weight is 314 g/mol. The van der Waals surface area contributed by atoms with Crippen LogP contribution < -0.4 is 5.32 Å². The van der Waals surface area contributed by atoms with Gasteiger partial charge in [-0.3, -0.25) is 4.79 Å². The molecule has 1 aliphatic rings. The summed E-state index contributed by atoms with van der Waals surface area (Å²) in [5.74, 6) is 1.19. The van der Waals surface area contributed by atoms with Crippen LogP contribution in [0.5, 0.6) is 0 Å². The summed E-state index contributed by atoms with van der Waals surface area (Å²) in [5.41, 5.74) is 2.22. The summed E-state index contributed by atoms with van der Waals surface area (Å²) >= 11 is 5.85. The Labute approximate surface area is 136 Å². The van der Waals surface area contributed by atoms with Crippen molar-refractivity contribution >= 4 is 23.2 Å². The fourth-order valence-corrected chi connectivity index (χ4v) is 3.42. The lowest BCUT2D eigenvalue weighted by Crippen LogP contribution is -2.15. The van der Waals surface area contributed by atoms with Crippen LogP contribution in [-0.4, -0.2) is 5.91 Å². The third-order valence-corrected chi connectivity index (χ3v) is 4.67. The fraction of sp³-hybridized carbons (Fsp3) is 0.316. The summed E-state index contributed by atoms with van der Waals surface area (Å²) < 4.78 is 0. The van der Waals surface area contributed by atoms with Crippen LogP contribution in [0.2, 0.25) is 5.02 Å². The number of amides is 1. The van der Waals surface area contributed by atoms with E-state index in [1.165, 1.54) is 12.0 Å². The molecule has 0 aromatic heterocycles. The topological polar surface area (TPSA) is 29.1 Å². The van der Waals surface area contributed by atoms with Crippen molar-refractivity contribution in [3.8, 4) is 0 Å². The maximum atomic E-state index is 12.2. The van der Waals surface area contributed by atoms with E-state index in [1.54, 1.807) is 12.1 Å². The highest BCUT2D eigenvalue weighted by Gasteiger charge is 2.27. The van der Waals surface area contributed by atoms with Crippen LogP contribution >= 0.6 is 11.6 Å². The molecule has 114 valence electrons. The second-order valence-electron chi connectivity index (χ2n) is 6.05. The number of hydrogen-bond donors (Lipinski definition) is 1. The standard InChI is InChI=1S/C19H20ClNO/c20-17-8-10-18(11-9-17)21-19(22)13-14-6-7-16(12-14)15-4-2-1-3-5-15/h1-5,8-11,14,16H,6-7,12-13H2,(H,21,22)/t14-,16-/m0/s1. The van der Waals surface area contributed by atoms with Crippen molar-refractivity contribution < 1.29 is 4.79 Å². The molecule has 2 aromatic rings. The van der Waals surface area contributed by atoms with Gasteiger partial charge in [0.25, 0.3) is 0 Å². The number of carbonyl (C=O) groups excluding carboxylic acids is 1. The van der Waals surface area contributed by atoms with E-state index in [2.05, 4.69) is 35.6 Å². The molecule has 0 heterocycles. The Morgan fingerprint density at radius 3 is 2.50 bits per heavy atom. The molecule has 1 amide bonds. The van der Waals surface area contributed by atoms with Crippen LogP contribution in [0.3, 0.4) is 0 Å². The molecule has 2 atom stereocenters. The minimum absolute atomic E-state index is 0.0982. The highest BCUT2D eigenvalue weighted by atomic mass is 35.5. The first-order chi connectivity index (χ1) is 10.7. The first-order valence-corrected chi connectivity index (χ1v) is 8.19. The molecule has 0 saturated heterocycles. The highest BCUT2D eigenvalue weighted by Crippen LogP contribution is 2.39. The molecule has 0 bridgehead atoms. The summed E-state index contributed by atoms with van der Waals surface area (Å²) in [6, 6.07) is 17.9. The van der Waals surface area contributed by atoms with Crippen molar-refractivity contribution in [1.82, 2.24) is 0 Å². The van der Waals surface area contributed by atoms with Crippen LogP contribution in [0.4, 0.5) is 5.69 Å². The van der Waals surface area contributed by atoms with Gasteiger partial charge in [-0.15, -0.1) is 0 Å². The molecule has 0 spiro atoms. The SMILES string of the molecule is O=C(C[C@H]1CC[C@H](c2ccccc2)C1)Nc1ccc(Cl)cc1. The smallest absolute Gasteiger partial charge is 0.224 e. The van der Waals surface area contributed by atoms with Gasteiger partial charge in [0, 0.05) is 17.1 Å². The van der Waals surface area contributed by atoms with Crippen molar-refractivity contribution in [3.63, 3.8) is 0 Å². The van der Waals surface area contributed by atoms with E-state index in [9.17, 15) is 4.79 Å². The van der Waals surface area contributed by atoms with Gasteiger partial charge in [-0.1, -0.05) is 41.9 Å². The van der Waals surface area contributed by atoms with E-state index >= 15 is 0 Å². The highest BCUT2D eigenvalue weighted by molar-refractivity contribution is 6.30. The molecule has 0 aliphatic heterocycles. The molecule has 1 fully saturated rings. The van der Waals surface area contributed by atoms with Gasteiger partial charge in [0.15, 0.2) is 0 Å². The van der Waals surface area contributed by atoms with Gasteiger partial charge in [-0.05, 0) is 60.9 Å². The van der Waals surface area contributed by atoms with Gasteiger partial charge in [-0.25, -0.2) is 0 Å². The van der Waals surface area contributed by atoms with Crippen LogP contribution in [0.1, 0.15) is 37.2 Å². The van der Waals surface area contributed by atoms with Gasteiger partial charge in [0.05, 0.1) is 0 Å². The lowest BCUT2D eigenvalue weighted by molar-refractivity contribution is -0.117. The molecule has 2 nitrogen and oxygen atoms in total. The van der Waals surface area contributed by atoms with E-state index in [1.807, 2.05) is 12.1 Å². The number of rotatable bonds is 4. The quantitative estimate of drug-likeness (QED) is 0.820. The monoisotopic (exact) mass is 313 g/mol. The predicted molar refractivity (Wildman–Crippen MR) is 91.2 cm³/mol. The van der Waals surface area contributed by atoms with Crippen LogP contribution in [0.25, 0.3) is 0 Å². The van der Waals surface area contributed by atoms with E-state index in [0.717, 1.165) is 18.5 Å². The largest absolute Gasteiger partial charge is 0.326 e. The summed E-state index contributed by atoms with van der Waals surface area (Å²) in [7, 11) is 0. The average Bonchev–Trinajstić information content (AvgIpc) is 2.99. The number of anilines is 1. The Bertz CT molecular complexity index is 624. The summed E-state index contributed by atoms with van der Waals surface area (Å²) in [6.45, 7) is 0. The second-order valence-corrected chi connectivity index (χ2v) is 6.48. The van der Waals surface area contributed by atoms with Gasteiger partial charge in [-0.2, -0.15) is 0 Å². The molecular formula is C19H20ClNO. The van der Waals surface area contributed by atoms with Crippen LogP contribution in [-0.2, 0) is 4.79 Å². The third-order valence-electron chi connectivity index (χ3n) is 4.41. The molecule has 0 unspecified atom stereocenters. The van der Waals surface area contributed by atoms with Crippen molar-refractivity contribution in [3.05, 3.63) is 65.2 Å². The van der Waals surface area contributed by atoms with E-state index in [4.69, 9.17) is 11.6 Å². The molecule has 1 N–H and O–H groups in total. The Morgan fingerprint density at radius 1 is 1.05 bits per heavy atom. The van der Waals surface area contributed by atoms with Crippen LogP contribution in [0, 0.1) is 5.92 Å². The molecule has 3 heteroatoms. The van der Waals surface area contributed by atoms with E-state index in [0.29, 0.717) is 23.3 Å². The van der Waals surface area contributed by atoms with Crippen LogP contribution in [0.15, 0.2) is 54.6 Å². The van der Waals surface area contributed by atoms with Crippen molar-refractivity contribution in [2.24, 2.45) is 5.92 Å². The summed E-state index contributed by atoms with van der Waals surface area (Å²) in [6.07, 6.45) is 4.03. The van der Waals surface area contributed by atoms with E-state index < -0.39 is 0 Å². The first-order valence-electron chi connectivity index (χ1n) is 7.81. The maximum Gasteiger partial charge on any atom is 0.224 e. The third kappa shape index (κ3) is 3.89. The Balaban J connectivity index is 1.51. The number of hydrogen-bond acceptors (Lipinski definition) is 1. The normalized spacial score (nSPS) is 20.8. The number of benzene rings is 2. The second kappa shape index (κ2) is 6.97. The zero-order valence-electron chi connectivity index (χ0n) is 12.5. The fourth-order valence-electron chi connectivity index (χ4n) is 3.30. The van der Waals surface area contributed by atoms with Crippen molar-refractivity contribution in [1.29, 1.82) is 0 Å². The molecule has 2 aromatic carbocycles. The number of halogens is 1. The van der Waals surface area contributed by atoms with Gasteiger partial charge in [0.1, 0.15) is 0 Å². The first kappa shape index (κ1) is 15.1. The minimum Gasteiger partial charge on any atom is -0.326 e.